The molecule has 1 aromatic rings. The molecule has 2 heteroatoms. The summed E-state index contributed by atoms with van der Waals surface area (Å²) in [6.45, 7) is 0.771. The quantitative estimate of drug-likeness (QED) is 0.667. The largest absolute Gasteiger partial charge is 0.494 e. The maximum absolute atomic E-state index is 10.5. The molecule has 1 aromatic carbocycles. The van der Waals surface area contributed by atoms with Gasteiger partial charge in [-0.1, -0.05) is 25.0 Å². The van der Waals surface area contributed by atoms with E-state index < -0.39 is 0 Å². The van der Waals surface area contributed by atoms with Gasteiger partial charge in [0, 0.05) is 5.56 Å². The Balaban J connectivity index is 1.84. The first-order valence-electron chi connectivity index (χ1n) is 5.06. The first-order chi connectivity index (χ1) is 6.88. The highest BCUT2D eigenvalue weighted by Crippen LogP contribution is 2.32. The fraction of sp³-hybridized carbons (Fsp3) is 0.417. The molecule has 74 valence electrons. The topological polar surface area (TPSA) is 26.3 Å². The average molecular weight is 190 g/mol. The smallest absolute Gasteiger partial charge is 0.150 e. The third-order valence-electron chi connectivity index (χ3n) is 2.49. The van der Waals surface area contributed by atoms with Crippen molar-refractivity contribution in [3.63, 3.8) is 0 Å². The molecule has 1 saturated carbocycles. The van der Waals surface area contributed by atoms with Crippen LogP contribution in [0, 0.1) is 5.92 Å². The fourth-order valence-corrected chi connectivity index (χ4v) is 1.43. The molecule has 0 aromatic heterocycles. The third-order valence-corrected chi connectivity index (χ3v) is 2.49. The molecule has 0 amide bonds. The maximum atomic E-state index is 10.5. The van der Waals surface area contributed by atoms with Crippen molar-refractivity contribution in [1.82, 2.24) is 0 Å². The molecule has 0 saturated heterocycles. The van der Waals surface area contributed by atoms with Crippen molar-refractivity contribution in [2.24, 2.45) is 5.92 Å². The van der Waals surface area contributed by atoms with Crippen LogP contribution in [-0.4, -0.2) is 12.9 Å². The summed E-state index contributed by atoms with van der Waals surface area (Å²) in [6, 6.07) is 7.29. The second kappa shape index (κ2) is 4.27. The zero-order chi connectivity index (χ0) is 9.80. The minimum Gasteiger partial charge on any atom is -0.494 e. The van der Waals surface area contributed by atoms with E-state index in [0.717, 1.165) is 31.0 Å². The van der Waals surface area contributed by atoms with Crippen LogP contribution in [0.3, 0.4) is 0 Å². The minimum absolute atomic E-state index is 0.675. The van der Waals surface area contributed by atoms with Crippen molar-refractivity contribution in [3.8, 4) is 5.75 Å². The van der Waals surface area contributed by atoms with Crippen LogP contribution in [0.2, 0.25) is 0 Å². The van der Waals surface area contributed by atoms with Gasteiger partial charge in [-0.2, -0.15) is 0 Å². The van der Waals surface area contributed by atoms with Crippen molar-refractivity contribution in [2.45, 2.75) is 19.3 Å². The van der Waals surface area contributed by atoms with Gasteiger partial charge in [0.2, 0.25) is 0 Å². The molecular formula is C12H14O2. The zero-order valence-corrected chi connectivity index (χ0v) is 8.11. The van der Waals surface area contributed by atoms with Gasteiger partial charge in [-0.15, -0.1) is 0 Å². The van der Waals surface area contributed by atoms with Gasteiger partial charge in [0.15, 0.2) is 0 Å². The van der Waals surface area contributed by atoms with Crippen molar-refractivity contribution in [3.05, 3.63) is 29.8 Å². The van der Waals surface area contributed by atoms with Crippen molar-refractivity contribution in [2.75, 3.05) is 6.61 Å². The summed E-state index contributed by atoms with van der Waals surface area (Å²) in [4.78, 5) is 10.5. The predicted octanol–water partition coefficient (Wildman–Crippen LogP) is 2.68. The number of aldehydes is 1. The summed E-state index contributed by atoms with van der Waals surface area (Å²) in [5.74, 6) is 1.69. The Hall–Kier alpha value is -1.31. The lowest BCUT2D eigenvalue weighted by molar-refractivity contribution is 0.112. The van der Waals surface area contributed by atoms with E-state index >= 15 is 0 Å². The van der Waals surface area contributed by atoms with Crippen LogP contribution < -0.4 is 4.74 Å². The van der Waals surface area contributed by atoms with E-state index in [0.29, 0.717) is 5.56 Å². The lowest BCUT2D eigenvalue weighted by Gasteiger charge is -2.05. The van der Waals surface area contributed by atoms with Crippen LogP contribution in [0.15, 0.2) is 24.3 Å². The van der Waals surface area contributed by atoms with E-state index in [1.807, 2.05) is 12.1 Å². The highest BCUT2D eigenvalue weighted by atomic mass is 16.5. The molecule has 0 aliphatic heterocycles. The highest BCUT2D eigenvalue weighted by Gasteiger charge is 2.20. The molecule has 0 unspecified atom stereocenters. The Bertz CT molecular complexity index is 316. The molecule has 2 nitrogen and oxygen atoms in total. The summed E-state index contributed by atoms with van der Waals surface area (Å²) >= 11 is 0. The third kappa shape index (κ3) is 2.59. The number of carbonyl (C=O) groups is 1. The van der Waals surface area contributed by atoms with Gasteiger partial charge in [0.1, 0.15) is 12.0 Å². The van der Waals surface area contributed by atoms with Crippen molar-refractivity contribution >= 4 is 6.29 Å². The summed E-state index contributed by atoms with van der Waals surface area (Å²) in [7, 11) is 0. The van der Waals surface area contributed by atoms with E-state index in [-0.39, 0.29) is 0 Å². The molecule has 0 spiro atoms. The number of hydrogen-bond acceptors (Lipinski definition) is 2. The van der Waals surface area contributed by atoms with Crippen LogP contribution in [0.25, 0.3) is 0 Å². The average Bonchev–Trinajstić information content (AvgIpc) is 3.02. The number of ether oxygens (including phenoxy) is 1. The molecule has 0 radical (unpaired) electrons. The molecular weight excluding hydrogens is 176 g/mol. The lowest BCUT2D eigenvalue weighted by atomic mass is 10.2. The predicted molar refractivity (Wildman–Crippen MR) is 54.7 cm³/mol. The molecule has 1 fully saturated rings. The van der Waals surface area contributed by atoms with Gasteiger partial charge in [-0.3, -0.25) is 4.79 Å². The van der Waals surface area contributed by atoms with Crippen LogP contribution in [0.5, 0.6) is 5.75 Å². The molecule has 0 bridgehead atoms. The Kier molecular flexibility index (Phi) is 2.82. The molecule has 1 aliphatic rings. The van der Waals surface area contributed by atoms with Crippen LogP contribution in [0.1, 0.15) is 29.6 Å². The first kappa shape index (κ1) is 9.25. The second-order valence-electron chi connectivity index (χ2n) is 3.77. The van der Waals surface area contributed by atoms with Gasteiger partial charge in [-0.05, 0) is 24.5 Å². The number of benzene rings is 1. The molecule has 0 heterocycles. The standard InChI is InChI=1S/C12H14O2/c13-9-11-2-1-3-12(8-11)14-7-6-10-4-5-10/h1-3,8-10H,4-7H2. The molecule has 14 heavy (non-hydrogen) atoms. The van der Waals surface area contributed by atoms with Gasteiger partial charge in [0.25, 0.3) is 0 Å². The Morgan fingerprint density at radius 3 is 3.00 bits per heavy atom. The first-order valence-corrected chi connectivity index (χ1v) is 5.06. The number of hydrogen-bond donors (Lipinski definition) is 0. The Morgan fingerprint density at radius 2 is 2.29 bits per heavy atom. The summed E-state index contributed by atoms with van der Waals surface area (Å²) < 4.78 is 5.54. The second-order valence-corrected chi connectivity index (χ2v) is 3.77. The summed E-state index contributed by atoms with van der Waals surface area (Å²) in [5.41, 5.74) is 0.675. The van der Waals surface area contributed by atoms with Gasteiger partial charge >= 0.3 is 0 Å². The van der Waals surface area contributed by atoms with E-state index in [9.17, 15) is 4.79 Å². The van der Waals surface area contributed by atoms with E-state index in [2.05, 4.69) is 0 Å². The molecule has 1 aliphatic carbocycles. The Morgan fingerprint density at radius 1 is 1.43 bits per heavy atom. The lowest BCUT2D eigenvalue weighted by Crippen LogP contribution is -1.98. The van der Waals surface area contributed by atoms with Crippen LogP contribution in [0.4, 0.5) is 0 Å². The van der Waals surface area contributed by atoms with Crippen LogP contribution >= 0.6 is 0 Å². The summed E-state index contributed by atoms with van der Waals surface area (Å²) in [5, 5.41) is 0. The van der Waals surface area contributed by atoms with Crippen LogP contribution in [-0.2, 0) is 0 Å². The van der Waals surface area contributed by atoms with Gasteiger partial charge in [-0.25, -0.2) is 0 Å². The van der Waals surface area contributed by atoms with Crippen molar-refractivity contribution in [1.29, 1.82) is 0 Å². The van der Waals surface area contributed by atoms with E-state index in [1.54, 1.807) is 12.1 Å². The molecule has 0 atom stereocenters. The monoisotopic (exact) mass is 190 g/mol. The molecule has 0 N–H and O–H groups in total. The van der Waals surface area contributed by atoms with Gasteiger partial charge < -0.3 is 4.74 Å². The molecule has 2 rings (SSSR count). The number of carbonyl (C=O) groups excluding carboxylic acids is 1. The van der Waals surface area contributed by atoms with Crippen molar-refractivity contribution < 1.29 is 9.53 Å². The van der Waals surface area contributed by atoms with E-state index in [4.69, 9.17) is 4.74 Å². The number of rotatable bonds is 5. The minimum atomic E-state index is 0.675. The zero-order valence-electron chi connectivity index (χ0n) is 8.11. The van der Waals surface area contributed by atoms with E-state index in [1.165, 1.54) is 12.8 Å². The normalized spacial score (nSPS) is 15.1. The maximum Gasteiger partial charge on any atom is 0.150 e. The van der Waals surface area contributed by atoms with Gasteiger partial charge in [0.05, 0.1) is 6.61 Å². The fourth-order valence-electron chi connectivity index (χ4n) is 1.43. The Labute approximate surface area is 83.9 Å². The highest BCUT2D eigenvalue weighted by molar-refractivity contribution is 5.75. The summed E-state index contributed by atoms with van der Waals surface area (Å²) in [6.07, 6.45) is 4.70. The SMILES string of the molecule is O=Cc1cccc(OCCC2CC2)c1.